The van der Waals surface area contributed by atoms with Gasteiger partial charge >= 0.3 is 0 Å². The number of thiophene rings is 1. The molecular formula is C16H25NO3S. The Morgan fingerprint density at radius 2 is 2.38 bits per heavy atom. The van der Waals surface area contributed by atoms with Crippen molar-refractivity contribution in [3.05, 3.63) is 21.4 Å². The number of carbonyl (C=O) groups excluding carboxylic acids is 1. The summed E-state index contributed by atoms with van der Waals surface area (Å²) in [6.07, 6.45) is 4.01. The normalized spacial score (nSPS) is 19.1. The number of likely N-dealkylation sites (N-methyl/N-ethyl adjacent to an activating group) is 1. The highest BCUT2D eigenvalue weighted by Gasteiger charge is 2.24. The number of aliphatic hydroxyl groups excluding tert-OH is 1. The Bertz CT molecular complexity index is 486. The van der Waals surface area contributed by atoms with Crippen LogP contribution in [-0.4, -0.2) is 49.3 Å². The minimum Gasteiger partial charge on any atom is -0.389 e. The van der Waals surface area contributed by atoms with Crippen LogP contribution >= 0.6 is 11.3 Å². The maximum Gasteiger partial charge on any atom is 0.263 e. The second-order valence-corrected chi connectivity index (χ2v) is 7.01. The molecular weight excluding hydrogens is 286 g/mol. The second kappa shape index (κ2) is 7.38. The fourth-order valence-corrected chi connectivity index (χ4v) is 4.09. The van der Waals surface area contributed by atoms with Gasteiger partial charge in [-0.05, 0) is 36.8 Å². The Hall–Kier alpha value is -0.910. The zero-order chi connectivity index (χ0) is 15.4. The van der Waals surface area contributed by atoms with Gasteiger partial charge in [0.05, 0.1) is 17.6 Å². The highest BCUT2D eigenvalue weighted by atomic mass is 32.1. The van der Waals surface area contributed by atoms with Crippen molar-refractivity contribution in [3.63, 3.8) is 0 Å². The highest BCUT2D eigenvalue weighted by molar-refractivity contribution is 7.14. The van der Waals surface area contributed by atoms with Crippen LogP contribution in [-0.2, 0) is 17.6 Å². The van der Waals surface area contributed by atoms with Crippen molar-refractivity contribution in [1.82, 2.24) is 4.90 Å². The number of hydrogen-bond donors (Lipinski definition) is 1. The van der Waals surface area contributed by atoms with Crippen molar-refractivity contribution in [2.24, 2.45) is 5.92 Å². The molecule has 0 saturated carbocycles. The van der Waals surface area contributed by atoms with Crippen molar-refractivity contribution in [1.29, 1.82) is 0 Å². The number of amides is 1. The van der Waals surface area contributed by atoms with E-state index in [0.29, 0.717) is 6.54 Å². The molecule has 118 valence electrons. The van der Waals surface area contributed by atoms with Crippen LogP contribution in [0.4, 0.5) is 0 Å². The highest BCUT2D eigenvalue weighted by Crippen LogP contribution is 2.33. The number of carbonyl (C=O) groups is 1. The number of methoxy groups -OCH3 is 1. The first-order valence-corrected chi connectivity index (χ1v) is 8.40. The number of hydrogen-bond acceptors (Lipinski definition) is 4. The van der Waals surface area contributed by atoms with E-state index in [0.717, 1.165) is 23.6 Å². The molecule has 1 amide bonds. The average molecular weight is 311 g/mol. The molecule has 0 aliphatic heterocycles. The van der Waals surface area contributed by atoms with E-state index in [1.165, 1.54) is 23.3 Å². The van der Waals surface area contributed by atoms with Crippen LogP contribution in [0.25, 0.3) is 0 Å². The molecule has 1 heterocycles. The molecule has 1 aromatic rings. The van der Waals surface area contributed by atoms with E-state index in [9.17, 15) is 9.90 Å². The van der Waals surface area contributed by atoms with E-state index in [4.69, 9.17) is 4.74 Å². The van der Waals surface area contributed by atoms with Gasteiger partial charge in [0.1, 0.15) is 0 Å². The molecule has 2 rings (SSSR count). The summed E-state index contributed by atoms with van der Waals surface area (Å²) in [7, 11) is 3.28. The van der Waals surface area contributed by atoms with Gasteiger partial charge in [0, 0.05) is 25.6 Å². The SMILES string of the molecule is CCC1CCc2sc(C(=O)N(C)CC(O)COC)cc2C1. The van der Waals surface area contributed by atoms with Crippen molar-refractivity contribution < 1.29 is 14.6 Å². The van der Waals surface area contributed by atoms with Crippen molar-refractivity contribution >= 4 is 17.2 Å². The predicted octanol–water partition coefficient (Wildman–Crippen LogP) is 2.34. The Labute approximate surface area is 130 Å². The third-order valence-corrected chi connectivity index (χ3v) is 5.39. The third kappa shape index (κ3) is 4.05. The van der Waals surface area contributed by atoms with Crippen LogP contribution in [0.3, 0.4) is 0 Å². The molecule has 0 bridgehead atoms. The zero-order valence-electron chi connectivity index (χ0n) is 13.1. The van der Waals surface area contributed by atoms with Crippen LogP contribution < -0.4 is 0 Å². The molecule has 2 unspecified atom stereocenters. The van der Waals surface area contributed by atoms with Gasteiger partial charge < -0.3 is 14.7 Å². The van der Waals surface area contributed by atoms with Gasteiger partial charge in [-0.25, -0.2) is 0 Å². The van der Waals surface area contributed by atoms with Crippen LogP contribution in [0.1, 0.15) is 39.9 Å². The molecule has 1 aliphatic rings. The Morgan fingerprint density at radius 3 is 3.05 bits per heavy atom. The molecule has 0 spiro atoms. The molecule has 0 radical (unpaired) electrons. The lowest BCUT2D eigenvalue weighted by Gasteiger charge is -2.19. The first-order valence-electron chi connectivity index (χ1n) is 7.59. The first kappa shape index (κ1) is 16.5. The molecule has 2 atom stereocenters. The van der Waals surface area contributed by atoms with Crippen molar-refractivity contribution in [2.45, 2.75) is 38.7 Å². The van der Waals surface area contributed by atoms with Gasteiger partial charge in [-0.2, -0.15) is 0 Å². The smallest absolute Gasteiger partial charge is 0.263 e. The number of aliphatic hydroxyl groups is 1. The van der Waals surface area contributed by atoms with E-state index >= 15 is 0 Å². The number of aryl methyl sites for hydroxylation is 1. The lowest BCUT2D eigenvalue weighted by Crippen LogP contribution is -2.35. The molecule has 1 aromatic heterocycles. The van der Waals surface area contributed by atoms with Crippen LogP contribution in [0.2, 0.25) is 0 Å². The maximum absolute atomic E-state index is 12.4. The lowest BCUT2D eigenvalue weighted by atomic mass is 9.87. The summed E-state index contributed by atoms with van der Waals surface area (Å²) in [6.45, 7) is 2.78. The third-order valence-electron chi connectivity index (χ3n) is 4.16. The van der Waals surface area contributed by atoms with Gasteiger partial charge in [-0.3, -0.25) is 4.79 Å². The molecule has 21 heavy (non-hydrogen) atoms. The average Bonchev–Trinajstić information content (AvgIpc) is 2.89. The fourth-order valence-electron chi connectivity index (χ4n) is 2.89. The zero-order valence-corrected chi connectivity index (χ0v) is 13.9. The molecule has 1 aliphatic carbocycles. The summed E-state index contributed by atoms with van der Waals surface area (Å²) in [5, 5.41) is 9.73. The monoisotopic (exact) mass is 311 g/mol. The van der Waals surface area contributed by atoms with E-state index in [-0.39, 0.29) is 12.5 Å². The summed E-state index contributed by atoms with van der Waals surface area (Å²) in [4.78, 5) is 16.2. The van der Waals surface area contributed by atoms with Gasteiger partial charge in [0.2, 0.25) is 0 Å². The summed E-state index contributed by atoms with van der Waals surface area (Å²) in [5.74, 6) is 0.758. The van der Waals surface area contributed by atoms with Crippen LogP contribution in [0.15, 0.2) is 6.07 Å². The first-order chi connectivity index (χ1) is 10.0. The van der Waals surface area contributed by atoms with E-state index in [1.54, 1.807) is 30.4 Å². The lowest BCUT2D eigenvalue weighted by molar-refractivity contribution is 0.0382. The quantitative estimate of drug-likeness (QED) is 0.877. The maximum atomic E-state index is 12.4. The number of nitrogens with zero attached hydrogens (tertiary/aromatic N) is 1. The summed E-state index contributed by atoms with van der Waals surface area (Å²) in [6, 6.07) is 2.06. The minimum absolute atomic E-state index is 0.00222. The number of fused-ring (bicyclic) bond motifs is 1. The molecule has 4 nitrogen and oxygen atoms in total. The van der Waals surface area contributed by atoms with Gasteiger partial charge in [-0.1, -0.05) is 13.3 Å². The molecule has 0 fully saturated rings. The largest absolute Gasteiger partial charge is 0.389 e. The standard InChI is InChI=1S/C16H25NO3S/c1-4-11-5-6-14-12(7-11)8-15(21-14)16(19)17(2)9-13(18)10-20-3/h8,11,13,18H,4-7,9-10H2,1-3H3. The summed E-state index contributed by atoms with van der Waals surface area (Å²) in [5.41, 5.74) is 1.35. The van der Waals surface area contributed by atoms with Gasteiger partial charge in [0.25, 0.3) is 5.91 Å². The van der Waals surface area contributed by atoms with E-state index < -0.39 is 6.10 Å². The molecule has 0 saturated heterocycles. The van der Waals surface area contributed by atoms with Crippen molar-refractivity contribution in [2.75, 3.05) is 27.3 Å². The van der Waals surface area contributed by atoms with E-state index in [2.05, 4.69) is 13.0 Å². The number of ether oxygens (including phenoxy) is 1. The minimum atomic E-state index is -0.636. The molecule has 5 heteroatoms. The summed E-state index contributed by atoms with van der Waals surface area (Å²) < 4.78 is 4.90. The topological polar surface area (TPSA) is 49.8 Å². The fraction of sp³-hybridized carbons (Fsp3) is 0.688. The Balaban J connectivity index is 2.02. The Kier molecular flexibility index (Phi) is 5.79. The van der Waals surface area contributed by atoms with Gasteiger partial charge in [0.15, 0.2) is 0 Å². The second-order valence-electron chi connectivity index (χ2n) is 5.87. The van der Waals surface area contributed by atoms with E-state index in [1.807, 2.05) is 0 Å². The van der Waals surface area contributed by atoms with Crippen molar-refractivity contribution in [3.8, 4) is 0 Å². The number of rotatable bonds is 6. The van der Waals surface area contributed by atoms with Crippen LogP contribution in [0, 0.1) is 5.92 Å². The van der Waals surface area contributed by atoms with Gasteiger partial charge in [-0.15, -0.1) is 11.3 Å². The molecule has 1 N–H and O–H groups in total. The van der Waals surface area contributed by atoms with Crippen LogP contribution in [0.5, 0.6) is 0 Å². The predicted molar refractivity (Wildman–Crippen MR) is 85.0 cm³/mol. The summed E-state index contributed by atoms with van der Waals surface area (Å²) >= 11 is 1.62. The Morgan fingerprint density at radius 1 is 1.62 bits per heavy atom. The molecule has 0 aromatic carbocycles.